The second-order valence-corrected chi connectivity index (χ2v) is 5.84. The number of hydrogen-bond donors (Lipinski definition) is 1. The number of thioether (sulfide) groups is 1. The van der Waals surface area contributed by atoms with Gasteiger partial charge in [-0.05, 0) is 37.1 Å². The van der Waals surface area contributed by atoms with Gasteiger partial charge in [-0.1, -0.05) is 13.0 Å². The van der Waals surface area contributed by atoms with Crippen LogP contribution >= 0.6 is 11.8 Å². The Hall–Kier alpha value is -0.720. The van der Waals surface area contributed by atoms with Gasteiger partial charge in [0.05, 0.1) is 5.56 Å². The van der Waals surface area contributed by atoms with Gasteiger partial charge < -0.3 is 10.1 Å². The summed E-state index contributed by atoms with van der Waals surface area (Å²) in [5.41, 5.74) is 0.123. The van der Waals surface area contributed by atoms with Crippen LogP contribution in [0.1, 0.15) is 30.9 Å². The highest BCUT2D eigenvalue weighted by molar-refractivity contribution is 7.99. The molecule has 6 heteroatoms. The lowest BCUT2D eigenvalue weighted by Crippen LogP contribution is -2.15. The fraction of sp³-hybridized carbons (Fsp3) is 0.600. The maximum absolute atomic E-state index is 13.1. The minimum absolute atomic E-state index is 0.290. The predicted molar refractivity (Wildman–Crippen MR) is 80.7 cm³/mol. The molecule has 0 spiro atoms. The number of rotatable bonds is 9. The molecule has 0 atom stereocenters. The molecule has 2 nitrogen and oxygen atoms in total. The molecule has 1 rings (SSSR count). The molecule has 0 bridgehead atoms. The molecule has 0 unspecified atom stereocenters. The van der Waals surface area contributed by atoms with Crippen LogP contribution in [0.15, 0.2) is 23.1 Å². The molecule has 1 N–H and O–H groups in total. The molecule has 0 aromatic heterocycles. The summed E-state index contributed by atoms with van der Waals surface area (Å²) < 4.78 is 44.3. The minimum atomic E-state index is -4.32. The van der Waals surface area contributed by atoms with Crippen LogP contribution < -0.4 is 5.32 Å². The number of ether oxygens (including phenoxy) is 1. The molecule has 0 aliphatic carbocycles. The molecule has 0 heterocycles. The average molecular weight is 321 g/mol. The van der Waals surface area contributed by atoms with E-state index in [-0.39, 0.29) is 4.90 Å². The van der Waals surface area contributed by atoms with E-state index in [0.717, 1.165) is 19.4 Å². The van der Waals surface area contributed by atoms with E-state index in [1.807, 2.05) is 6.92 Å². The van der Waals surface area contributed by atoms with Crippen molar-refractivity contribution in [2.75, 3.05) is 26.0 Å². The standard InChI is InChI=1S/C15H22F3NOS/c1-3-7-19-11-12-5-6-14(21-9-4-8-20-2)13(10-12)15(16,17)18/h5-6,10,19H,3-4,7-9,11H2,1-2H3. The van der Waals surface area contributed by atoms with Gasteiger partial charge in [-0.3, -0.25) is 0 Å². The summed E-state index contributed by atoms with van der Waals surface area (Å²) >= 11 is 1.23. The molecule has 0 aliphatic rings. The molecule has 0 amide bonds. The first-order valence-corrected chi connectivity index (χ1v) is 8.00. The molecule has 0 radical (unpaired) electrons. The highest BCUT2D eigenvalue weighted by atomic mass is 32.2. The molecular formula is C15H22F3NOS. The second-order valence-electron chi connectivity index (χ2n) is 4.70. The summed E-state index contributed by atoms with van der Waals surface area (Å²) in [4.78, 5) is 0.290. The average Bonchev–Trinajstić information content (AvgIpc) is 2.44. The molecule has 0 aliphatic heterocycles. The Morgan fingerprint density at radius 2 is 2.05 bits per heavy atom. The second kappa shape index (κ2) is 9.33. The van der Waals surface area contributed by atoms with E-state index in [1.165, 1.54) is 17.8 Å². The minimum Gasteiger partial charge on any atom is -0.385 e. The number of methoxy groups -OCH3 is 1. The molecule has 21 heavy (non-hydrogen) atoms. The Kier molecular flexibility index (Phi) is 8.14. The first-order chi connectivity index (χ1) is 9.99. The topological polar surface area (TPSA) is 21.3 Å². The van der Waals surface area contributed by atoms with Crippen LogP contribution in [0.3, 0.4) is 0 Å². The van der Waals surface area contributed by atoms with Gasteiger partial charge >= 0.3 is 6.18 Å². The lowest BCUT2D eigenvalue weighted by molar-refractivity contribution is -0.139. The van der Waals surface area contributed by atoms with Gasteiger partial charge in [0.1, 0.15) is 0 Å². The molecule has 0 saturated heterocycles. The van der Waals surface area contributed by atoms with E-state index in [4.69, 9.17) is 4.74 Å². The van der Waals surface area contributed by atoms with Crippen LogP contribution in [0.4, 0.5) is 13.2 Å². The first-order valence-electron chi connectivity index (χ1n) is 7.01. The molecule has 0 saturated carbocycles. The van der Waals surface area contributed by atoms with E-state index in [1.54, 1.807) is 19.2 Å². The van der Waals surface area contributed by atoms with Gasteiger partial charge in [-0.25, -0.2) is 0 Å². The van der Waals surface area contributed by atoms with Gasteiger partial charge in [0.15, 0.2) is 0 Å². The van der Waals surface area contributed by atoms with Crippen LogP contribution in [0, 0.1) is 0 Å². The Morgan fingerprint density at radius 1 is 1.29 bits per heavy atom. The van der Waals surface area contributed by atoms with Crippen molar-refractivity contribution in [3.05, 3.63) is 29.3 Å². The van der Waals surface area contributed by atoms with Crippen molar-refractivity contribution >= 4 is 11.8 Å². The van der Waals surface area contributed by atoms with E-state index in [0.29, 0.717) is 24.5 Å². The molecule has 1 aromatic carbocycles. The predicted octanol–water partition coefficient (Wildman–Crippen LogP) is 4.33. The Bertz CT molecular complexity index is 424. The molecule has 1 aromatic rings. The van der Waals surface area contributed by atoms with Crippen LogP contribution in [0.5, 0.6) is 0 Å². The molecular weight excluding hydrogens is 299 g/mol. The Labute approximate surface area is 128 Å². The molecule has 120 valence electrons. The fourth-order valence-corrected chi connectivity index (χ4v) is 2.81. The van der Waals surface area contributed by atoms with Gasteiger partial charge in [-0.15, -0.1) is 11.8 Å². The van der Waals surface area contributed by atoms with Crippen LogP contribution in [-0.4, -0.2) is 26.0 Å². The third-order valence-electron chi connectivity index (χ3n) is 2.86. The smallest absolute Gasteiger partial charge is 0.385 e. The van der Waals surface area contributed by atoms with E-state index in [2.05, 4.69) is 5.32 Å². The van der Waals surface area contributed by atoms with Crippen molar-refractivity contribution in [1.29, 1.82) is 0 Å². The first kappa shape index (κ1) is 18.3. The number of benzene rings is 1. The van der Waals surface area contributed by atoms with Crippen LogP contribution in [0.25, 0.3) is 0 Å². The monoisotopic (exact) mass is 321 g/mol. The maximum atomic E-state index is 13.1. The van der Waals surface area contributed by atoms with Crippen molar-refractivity contribution in [3.63, 3.8) is 0 Å². The van der Waals surface area contributed by atoms with Gasteiger partial charge in [0.2, 0.25) is 0 Å². The number of hydrogen-bond acceptors (Lipinski definition) is 3. The summed E-state index contributed by atoms with van der Waals surface area (Å²) in [6, 6.07) is 4.58. The Morgan fingerprint density at radius 3 is 2.67 bits per heavy atom. The van der Waals surface area contributed by atoms with Gasteiger partial charge in [0.25, 0.3) is 0 Å². The normalized spacial score (nSPS) is 11.9. The third kappa shape index (κ3) is 6.72. The number of alkyl halides is 3. The van der Waals surface area contributed by atoms with E-state index >= 15 is 0 Å². The van der Waals surface area contributed by atoms with Crippen molar-refractivity contribution < 1.29 is 17.9 Å². The summed E-state index contributed by atoms with van der Waals surface area (Å²) in [6.07, 6.45) is -2.62. The van der Waals surface area contributed by atoms with Gasteiger partial charge in [0, 0.05) is 30.9 Å². The quantitative estimate of drug-likeness (QED) is 0.540. The number of halogens is 3. The summed E-state index contributed by atoms with van der Waals surface area (Å²) in [5.74, 6) is 0.615. The Balaban J connectivity index is 2.77. The lowest BCUT2D eigenvalue weighted by atomic mass is 10.1. The zero-order chi connectivity index (χ0) is 15.7. The van der Waals surface area contributed by atoms with Crippen LogP contribution in [-0.2, 0) is 17.5 Å². The fourth-order valence-electron chi connectivity index (χ4n) is 1.83. The van der Waals surface area contributed by atoms with Gasteiger partial charge in [-0.2, -0.15) is 13.2 Å². The van der Waals surface area contributed by atoms with Crippen molar-refractivity contribution in [2.24, 2.45) is 0 Å². The maximum Gasteiger partial charge on any atom is 0.417 e. The lowest BCUT2D eigenvalue weighted by Gasteiger charge is -2.14. The molecule has 0 fully saturated rings. The zero-order valence-electron chi connectivity index (χ0n) is 12.4. The zero-order valence-corrected chi connectivity index (χ0v) is 13.2. The highest BCUT2D eigenvalue weighted by Crippen LogP contribution is 2.37. The summed E-state index contributed by atoms with van der Waals surface area (Å²) in [7, 11) is 1.59. The van der Waals surface area contributed by atoms with Crippen molar-refractivity contribution in [3.8, 4) is 0 Å². The summed E-state index contributed by atoms with van der Waals surface area (Å²) in [6.45, 7) is 3.85. The highest BCUT2D eigenvalue weighted by Gasteiger charge is 2.33. The van der Waals surface area contributed by atoms with E-state index in [9.17, 15) is 13.2 Å². The SMILES string of the molecule is CCCNCc1ccc(SCCCOC)c(C(F)(F)F)c1. The van der Waals surface area contributed by atoms with Crippen LogP contribution in [0.2, 0.25) is 0 Å². The van der Waals surface area contributed by atoms with Crippen molar-refractivity contribution in [1.82, 2.24) is 5.32 Å². The number of nitrogens with one attached hydrogen (secondary N) is 1. The van der Waals surface area contributed by atoms with E-state index < -0.39 is 11.7 Å². The largest absolute Gasteiger partial charge is 0.417 e. The van der Waals surface area contributed by atoms with Crippen molar-refractivity contribution in [2.45, 2.75) is 37.4 Å². The third-order valence-corrected chi connectivity index (χ3v) is 4.02. The summed E-state index contributed by atoms with van der Waals surface area (Å²) in [5, 5.41) is 3.12.